The number of carbonyl (C=O) groups excluding carboxylic acids is 2. The second-order valence-corrected chi connectivity index (χ2v) is 7.95. The van der Waals surface area contributed by atoms with Crippen LogP contribution in [0.3, 0.4) is 0 Å². The summed E-state index contributed by atoms with van der Waals surface area (Å²) in [6.07, 6.45) is 1.09. The zero-order valence-electron chi connectivity index (χ0n) is 18.2. The van der Waals surface area contributed by atoms with E-state index in [1.807, 2.05) is 12.1 Å². The van der Waals surface area contributed by atoms with E-state index in [0.717, 1.165) is 22.3 Å². The highest BCUT2D eigenvalue weighted by atomic mass is 16.5. The number of aromatic amines is 1. The smallest absolute Gasteiger partial charge is 0.282 e. The number of H-pyrrole nitrogens is 1. The molecule has 0 spiro atoms. The summed E-state index contributed by atoms with van der Waals surface area (Å²) in [5, 5.41) is 25.5. The monoisotopic (exact) mass is 457 g/mol. The van der Waals surface area contributed by atoms with Gasteiger partial charge in [0.05, 0.1) is 36.1 Å². The van der Waals surface area contributed by atoms with Gasteiger partial charge in [0.25, 0.3) is 17.4 Å². The number of morpholine rings is 1. The predicted octanol–water partition coefficient (Wildman–Crippen LogP) is 1.88. The van der Waals surface area contributed by atoms with Crippen molar-refractivity contribution < 1.29 is 19.4 Å². The van der Waals surface area contributed by atoms with Crippen LogP contribution < -0.4 is 10.5 Å². The van der Waals surface area contributed by atoms with E-state index in [4.69, 9.17) is 4.74 Å². The number of rotatable bonds is 3. The molecule has 170 valence electrons. The highest BCUT2D eigenvalue weighted by Crippen LogP contribution is 2.36. The number of carbonyl (C=O) groups is 2. The van der Waals surface area contributed by atoms with E-state index in [0.29, 0.717) is 42.8 Å². The van der Waals surface area contributed by atoms with Crippen molar-refractivity contribution in [2.45, 2.75) is 6.92 Å². The van der Waals surface area contributed by atoms with Gasteiger partial charge in [-0.05, 0) is 30.7 Å². The average Bonchev–Trinajstić information content (AvgIpc) is 2.84. The Morgan fingerprint density at radius 3 is 2.53 bits per heavy atom. The first-order valence-corrected chi connectivity index (χ1v) is 10.6. The van der Waals surface area contributed by atoms with E-state index in [-0.39, 0.29) is 16.7 Å². The Labute approximate surface area is 193 Å². The first kappa shape index (κ1) is 21.4. The quantitative estimate of drug-likeness (QED) is 0.452. The molecular weight excluding hydrogens is 438 g/mol. The number of hydrazone groups is 1. The molecule has 0 aliphatic carbocycles. The van der Waals surface area contributed by atoms with Crippen molar-refractivity contribution in [1.29, 1.82) is 5.26 Å². The lowest BCUT2D eigenvalue weighted by Crippen LogP contribution is -2.38. The van der Waals surface area contributed by atoms with Crippen molar-refractivity contribution in [3.05, 3.63) is 68.5 Å². The summed E-state index contributed by atoms with van der Waals surface area (Å²) >= 11 is 0. The van der Waals surface area contributed by atoms with Crippen LogP contribution in [0.5, 0.6) is 5.88 Å². The van der Waals surface area contributed by atoms with Gasteiger partial charge in [0, 0.05) is 29.5 Å². The first-order chi connectivity index (χ1) is 16.4. The molecule has 1 fully saturated rings. The van der Waals surface area contributed by atoms with Gasteiger partial charge in [-0.1, -0.05) is 12.1 Å². The Morgan fingerprint density at radius 1 is 1.12 bits per heavy atom. The van der Waals surface area contributed by atoms with E-state index in [2.05, 4.69) is 15.0 Å². The topological polar surface area (TPSA) is 139 Å². The summed E-state index contributed by atoms with van der Waals surface area (Å²) in [7, 11) is 0. The molecule has 2 amide bonds. The lowest BCUT2D eigenvalue weighted by molar-refractivity contribution is 0.0616. The maximum atomic E-state index is 13.3. The van der Waals surface area contributed by atoms with Crippen LogP contribution in [0.15, 0.2) is 40.2 Å². The van der Waals surface area contributed by atoms with Crippen molar-refractivity contribution >= 4 is 34.5 Å². The molecule has 3 aromatic rings. The van der Waals surface area contributed by atoms with Crippen LogP contribution in [0, 0.1) is 18.3 Å². The molecule has 0 bridgehead atoms. The second kappa shape index (κ2) is 8.13. The largest absolute Gasteiger partial charge is 0.494 e. The summed E-state index contributed by atoms with van der Waals surface area (Å²) in [6.45, 7) is 4.10. The fraction of sp³-hybridized carbons (Fsp3) is 0.208. The molecule has 0 saturated carbocycles. The minimum absolute atomic E-state index is 0.0309. The Hall–Kier alpha value is -4.49. The third-order valence-electron chi connectivity index (χ3n) is 6.12. The van der Waals surface area contributed by atoms with Gasteiger partial charge in [-0.2, -0.15) is 15.4 Å². The van der Waals surface area contributed by atoms with E-state index in [9.17, 15) is 24.8 Å². The van der Waals surface area contributed by atoms with Crippen LogP contribution in [0.2, 0.25) is 0 Å². The maximum absolute atomic E-state index is 13.3. The van der Waals surface area contributed by atoms with Gasteiger partial charge in [0.2, 0.25) is 5.88 Å². The average molecular weight is 457 g/mol. The van der Waals surface area contributed by atoms with Gasteiger partial charge in [-0.15, -0.1) is 0 Å². The van der Waals surface area contributed by atoms with E-state index in [1.165, 1.54) is 6.92 Å². The zero-order valence-corrected chi connectivity index (χ0v) is 18.2. The Bertz CT molecular complexity index is 1470. The Morgan fingerprint density at radius 2 is 1.82 bits per heavy atom. The fourth-order valence-corrected chi connectivity index (χ4v) is 4.38. The number of anilines is 1. The van der Waals surface area contributed by atoms with Crippen LogP contribution in [0.4, 0.5) is 5.69 Å². The van der Waals surface area contributed by atoms with E-state index >= 15 is 0 Å². The number of pyridine rings is 1. The number of hydrogen-bond donors (Lipinski definition) is 2. The zero-order chi connectivity index (χ0) is 24.0. The summed E-state index contributed by atoms with van der Waals surface area (Å²) in [5.41, 5.74) is 0.876. The fourth-order valence-electron chi connectivity index (χ4n) is 4.38. The number of amides is 2. The number of benzene rings is 2. The molecule has 0 atom stereocenters. The van der Waals surface area contributed by atoms with Crippen LogP contribution in [-0.4, -0.2) is 59.4 Å². The third kappa shape index (κ3) is 3.22. The minimum atomic E-state index is -0.739. The number of ether oxygens (including phenoxy) is 1. The van der Waals surface area contributed by atoms with Crippen LogP contribution >= 0.6 is 0 Å². The molecule has 1 aromatic heterocycles. The molecule has 34 heavy (non-hydrogen) atoms. The number of nitriles is 1. The van der Waals surface area contributed by atoms with Gasteiger partial charge in [-0.25, -0.2) is 0 Å². The van der Waals surface area contributed by atoms with Gasteiger partial charge in [0.15, 0.2) is 0 Å². The van der Waals surface area contributed by atoms with Gasteiger partial charge in [0.1, 0.15) is 11.6 Å². The number of aromatic nitrogens is 1. The van der Waals surface area contributed by atoms with Gasteiger partial charge >= 0.3 is 0 Å². The van der Waals surface area contributed by atoms with Crippen LogP contribution in [0.25, 0.3) is 10.8 Å². The van der Waals surface area contributed by atoms with Gasteiger partial charge < -0.3 is 14.7 Å². The number of hydrogen-bond acceptors (Lipinski definition) is 8. The molecule has 2 aliphatic rings. The molecule has 3 heterocycles. The molecule has 1 saturated heterocycles. The lowest BCUT2D eigenvalue weighted by atomic mass is 9.93. The summed E-state index contributed by atoms with van der Waals surface area (Å²) < 4.78 is 5.43. The molecule has 0 radical (unpaired) electrons. The highest BCUT2D eigenvalue weighted by molar-refractivity contribution is 6.26. The number of nitrogens with zero attached hydrogens (tertiary/aromatic N) is 4. The Balaban J connectivity index is 1.58. The standard InChI is InChI=1S/C24H19N5O5/c1-13-17(11-25)21(30)27-22(31)18(13)12-26-29-23(32)15-4-2-3-14-19(28-7-9-34-10-8-28)6-5-16(20(14)15)24(29)33/h2-6,12H,7-10H2,1H3,(H2,27,30,31)/b26-12+. The molecule has 0 unspecified atom stereocenters. The van der Waals surface area contributed by atoms with Crippen molar-refractivity contribution in [3.8, 4) is 11.9 Å². The molecule has 10 heteroatoms. The first-order valence-electron chi connectivity index (χ1n) is 10.6. The number of imide groups is 1. The predicted molar refractivity (Wildman–Crippen MR) is 123 cm³/mol. The highest BCUT2D eigenvalue weighted by Gasteiger charge is 2.34. The molecular formula is C24H19N5O5. The molecule has 5 rings (SSSR count). The summed E-state index contributed by atoms with van der Waals surface area (Å²) in [5.74, 6) is -1.74. The number of nitrogens with one attached hydrogen (secondary N) is 1. The van der Waals surface area contributed by atoms with Crippen molar-refractivity contribution in [3.63, 3.8) is 0 Å². The van der Waals surface area contributed by atoms with E-state index < -0.39 is 23.3 Å². The van der Waals surface area contributed by atoms with E-state index in [1.54, 1.807) is 24.3 Å². The van der Waals surface area contributed by atoms with Crippen LogP contribution in [-0.2, 0) is 4.74 Å². The molecule has 2 aromatic carbocycles. The van der Waals surface area contributed by atoms with Crippen molar-refractivity contribution in [1.82, 2.24) is 9.99 Å². The molecule has 2 N–H and O–H groups in total. The second-order valence-electron chi connectivity index (χ2n) is 7.95. The third-order valence-corrected chi connectivity index (χ3v) is 6.12. The summed E-state index contributed by atoms with van der Waals surface area (Å²) in [6, 6.07) is 10.6. The normalized spacial score (nSPS) is 15.9. The van der Waals surface area contributed by atoms with Crippen molar-refractivity contribution in [2.75, 3.05) is 31.2 Å². The summed E-state index contributed by atoms with van der Waals surface area (Å²) in [4.78, 5) is 42.7. The van der Waals surface area contributed by atoms with Gasteiger partial charge in [-0.3, -0.25) is 19.4 Å². The Kier molecular flexibility index (Phi) is 5.11. The lowest BCUT2D eigenvalue weighted by Gasteiger charge is -2.31. The molecule has 2 aliphatic heterocycles. The molecule has 10 nitrogen and oxygen atoms in total. The minimum Gasteiger partial charge on any atom is -0.494 e. The SMILES string of the molecule is Cc1c(/C=N/N2C(=O)c3cccc4c(N5CCOCC5)ccc(c34)C2=O)c(O)[nH]c(=O)c1C#N. The number of aromatic hydroxyl groups is 1. The maximum Gasteiger partial charge on any atom is 0.282 e. The van der Waals surface area contributed by atoms with Crippen molar-refractivity contribution in [2.24, 2.45) is 5.10 Å². The van der Waals surface area contributed by atoms with Crippen LogP contribution in [0.1, 0.15) is 37.4 Å².